The first-order valence-electron chi connectivity index (χ1n) is 6.13. The van der Waals surface area contributed by atoms with Gasteiger partial charge in [-0.05, 0) is 32.9 Å². The normalized spacial score (nSPS) is 12.0. The van der Waals surface area contributed by atoms with Crippen LogP contribution in [-0.2, 0) is 9.47 Å². The van der Waals surface area contributed by atoms with E-state index in [2.05, 4.69) is 0 Å². The molecule has 0 aliphatic carbocycles. The highest BCUT2D eigenvalue weighted by Gasteiger charge is 2.15. The predicted molar refractivity (Wildman–Crippen MR) is 72.0 cm³/mol. The maximum atomic E-state index is 11.9. The molecule has 100 valence electrons. The Bertz CT molecular complexity index is 375. The molecule has 0 aliphatic heterocycles. The van der Waals surface area contributed by atoms with Crippen molar-refractivity contribution in [3.63, 3.8) is 0 Å². The van der Waals surface area contributed by atoms with E-state index < -0.39 is 0 Å². The number of carbonyl (C=O) groups excluding carboxylic acids is 1. The Morgan fingerprint density at radius 1 is 1.33 bits per heavy atom. The highest BCUT2D eigenvalue weighted by molar-refractivity contribution is 5.87. The summed E-state index contributed by atoms with van der Waals surface area (Å²) < 4.78 is 10.5. The van der Waals surface area contributed by atoms with E-state index in [1.165, 1.54) is 4.90 Å². The molecule has 1 aromatic rings. The van der Waals surface area contributed by atoms with Crippen LogP contribution >= 0.6 is 0 Å². The number of rotatable bonds is 5. The van der Waals surface area contributed by atoms with E-state index in [4.69, 9.17) is 9.47 Å². The Hall–Kier alpha value is -1.55. The average molecular weight is 251 g/mol. The first kappa shape index (κ1) is 14.5. The Balaban J connectivity index is 2.53. The summed E-state index contributed by atoms with van der Waals surface area (Å²) in [5.74, 6) is 0. The molecule has 1 atom stereocenters. The fourth-order valence-corrected chi connectivity index (χ4v) is 1.44. The molecule has 0 bridgehead atoms. The quantitative estimate of drug-likeness (QED) is 0.807. The van der Waals surface area contributed by atoms with Crippen molar-refractivity contribution in [1.82, 2.24) is 0 Å². The lowest BCUT2D eigenvalue weighted by Gasteiger charge is -2.20. The largest absolute Gasteiger partial charge is 0.444 e. The van der Waals surface area contributed by atoms with Crippen molar-refractivity contribution in [3.8, 4) is 0 Å². The van der Waals surface area contributed by atoms with E-state index >= 15 is 0 Å². The van der Waals surface area contributed by atoms with Crippen LogP contribution in [0, 0.1) is 6.92 Å². The SMILES string of the molecule is CCOCC(C)OC(=O)N(C)c1ccc(C)cc1. The highest BCUT2D eigenvalue weighted by atomic mass is 16.6. The Morgan fingerprint density at radius 3 is 2.50 bits per heavy atom. The van der Waals surface area contributed by atoms with E-state index in [1.54, 1.807) is 7.05 Å². The molecule has 4 nitrogen and oxygen atoms in total. The van der Waals surface area contributed by atoms with Gasteiger partial charge in [0.1, 0.15) is 6.10 Å². The van der Waals surface area contributed by atoms with Gasteiger partial charge in [0.2, 0.25) is 0 Å². The van der Waals surface area contributed by atoms with Crippen LogP contribution in [0.25, 0.3) is 0 Å². The number of carbonyl (C=O) groups is 1. The first-order chi connectivity index (χ1) is 8.54. The maximum Gasteiger partial charge on any atom is 0.414 e. The van der Waals surface area contributed by atoms with Crippen molar-refractivity contribution in [3.05, 3.63) is 29.8 Å². The lowest BCUT2D eigenvalue weighted by Crippen LogP contribution is -2.31. The van der Waals surface area contributed by atoms with E-state index in [0.717, 1.165) is 11.3 Å². The summed E-state index contributed by atoms with van der Waals surface area (Å²) in [6.45, 7) is 6.77. The monoisotopic (exact) mass is 251 g/mol. The van der Waals surface area contributed by atoms with Gasteiger partial charge in [0, 0.05) is 19.3 Å². The molecule has 0 saturated carbocycles. The van der Waals surface area contributed by atoms with Crippen molar-refractivity contribution in [2.45, 2.75) is 26.9 Å². The topological polar surface area (TPSA) is 38.8 Å². The first-order valence-corrected chi connectivity index (χ1v) is 6.13. The van der Waals surface area contributed by atoms with Gasteiger partial charge in [-0.15, -0.1) is 0 Å². The molecule has 0 heterocycles. The molecule has 0 N–H and O–H groups in total. The number of amides is 1. The summed E-state index contributed by atoms with van der Waals surface area (Å²) in [4.78, 5) is 13.3. The van der Waals surface area contributed by atoms with Crippen molar-refractivity contribution in [1.29, 1.82) is 0 Å². The third-order valence-electron chi connectivity index (χ3n) is 2.55. The summed E-state index contributed by atoms with van der Waals surface area (Å²) in [6.07, 6.45) is -0.614. The molecule has 1 aromatic carbocycles. The molecule has 1 unspecified atom stereocenters. The average Bonchev–Trinajstić information content (AvgIpc) is 2.36. The number of hydrogen-bond acceptors (Lipinski definition) is 3. The molecule has 0 aromatic heterocycles. The molecule has 18 heavy (non-hydrogen) atoms. The highest BCUT2D eigenvalue weighted by Crippen LogP contribution is 2.14. The minimum absolute atomic E-state index is 0.245. The second-order valence-corrected chi connectivity index (χ2v) is 4.25. The standard InChI is InChI=1S/C14H21NO3/c1-5-17-10-12(3)18-14(16)15(4)13-8-6-11(2)7-9-13/h6-9,12H,5,10H2,1-4H3. The fourth-order valence-electron chi connectivity index (χ4n) is 1.44. The summed E-state index contributed by atoms with van der Waals surface area (Å²) >= 11 is 0. The van der Waals surface area contributed by atoms with Gasteiger partial charge in [-0.3, -0.25) is 4.90 Å². The number of benzene rings is 1. The molecule has 0 aliphatic rings. The van der Waals surface area contributed by atoms with Gasteiger partial charge >= 0.3 is 6.09 Å². The summed E-state index contributed by atoms with van der Waals surface area (Å²) in [7, 11) is 1.69. The molecule has 1 amide bonds. The van der Waals surface area contributed by atoms with Crippen LogP contribution in [0.2, 0.25) is 0 Å². The second-order valence-electron chi connectivity index (χ2n) is 4.25. The van der Waals surface area contributed by atoms with Gasteiger partial charge < -0.3 is 9.47 Å². The van der Waals surface area contributed by atoms with Crippen LogP contribution in [0.5, 0.6) is 0 Å². The second kappa shape index (κ2) is 7.01. The zero-order valence-corrected chi connectivity index (χ0v) is 11.5. The van der Waals surface area contributed by atoms with Crippen molar-refractivity contribution >= 4 is 11.8 Å². The van der Waals surface area contributed by atoms with Gasteiger partial charge in [-0.1, -0.05) is 17.7 Å². The van der Waals surface area contributed by atoms with Crippen LogP contribution in [0.3, 0.4) is 0 Å². The predicted octanol–water partition coefficient (Wildman–Crippen LogP) is 2.99. The smallest absolute Gasteiger partial charge is 0.414 e. The Morgan fingerprint density at radius 2 is 1.94 bits per heavy atom. The minimum Gasteiger partial charge on any atom is -0.444 e. The Labute approximate surface area is 108 Å². The van der Waals surface area contributed by atoms with Crippen molar-refractivity contribution < 1.29 is 14.3 Å². The van der Waals surface area contributed by atoms with Crippen LogP contribution in [-0.4, -0.2) is 32.5 Å². The third-order valence-corrected chi connectivity index (χ3v) is 2.55. The van der Waals surface area contributed by atoms with Crippen molar-refractivity contribution in [2.24, 2.45) is 0 Å². The summed E-state index contributed by atoms with van der Waals surface area (Å²) in [6, 6.07) is 7.71. The fraction of sp³-hybridized carbons (Fsp3) is 0.500. The zero-order valence-electron chi connectivity index (χ0n) is 11.5. The van der Waals surface area contributed by atoms with Crippen LogP contribution in [0.1, 0.15) is 19.4 Å². The third kappa shape index (κ3) is 4.37. The molecule has 0 spiro atoms. The minimum atomic E-state index is -0.369. The molecular formula is C14H21NO3. The number of aryl methyl sites for hydroxylation is 1. The number of nitrogens with zero attached hydrogens (tertiary/aromatic N) is 1. The lowest BCUT2D eigenvalue weighted by atomic mass is 10.2. The maximum absolute atomic E-state index is 11.9. The van der Waals surface area contributed by atoms with Crippen LogP contribution in [0.15, 0.2) is 24.3 Å². The van der Waals surface area contributed by atoms with Crippen molar-refractivity contribution in [2.75, 3.05) is 25.2 Å². The van der Waals surface area contributed by atoms with Crippen LogP contribution in [0.4, 0.5) is 10.5 Å². The summed E-state index contributed by atoms with van der Waals surface area (Å²) in [5, 5.41) is 0. The van der Waals surface area contributed by atoms with Gasteiger partial charge in [0.15, 0.2) is 0 Å². The van der Waals surface area contributed by atoms with E-state index in [9.17, 15) is 4.79 Å². The van der Waals surface area contributed by atoms with Gasteiger partial charge in [-0.25, -0.2) is 4.79 Å². The lowest BCUT2D eigenvalue weighted by molar-refractivity contribution is 0.0364. The van der Waals surface area contributed by atoms with Crippen LogP contribution < -0.4 is 4.90 Å². The molecular weight excluding hydrogens is 230 g/mol. The van der Waals surface area contributed by atoms with Gasteiger partial charge in [-0.2, -0.15) is 0 Å². The van der Waals surface area contributed by atoms with E-state index in [1.807, 2.05) is 45.0 Å². The number of anilines is 1. The zero-order chi connectivity index (χ0) is 13.5. The van der Waals surface area contributed by atoms with E-state index in [-0.39, 0.29) is 12.2 Å². The van der Waals surface area contributed by atoms with Gasteiger partial charge in [0.25, 0.3) is 0 Å². The molecule has 0 fully saturated rings. The molecule has 1 rings (SSSR count). The summed E-state index contributed by atoms with van der Waals surface area (Å²) in [5.41, 5.74) is 1.97. The number of hydrogen-bond donors (Lipinski definition) is 0. The molecule has 0 saturated heterocycles. The Kier molecular flexibility index (Phi) is 5.65. The number of ether oxygens (including phenoxy) is 2. The molecule has 4 heteroatoms. The van der Waals surface area contributed by atoms with E-state index in [0.29, 0.717) is 13.2 Å². The van der Waals surface area contributed by atoms with Gasteiger partial charge in [0.05, 0.1) is 6.61 Å². The molecule has 0 radical (unpaired) electrons.